The number of halogens is 4. The van der Waals surface area contributed by atoms with Crippen LogP contribution in [0.1, 0.15) is 30.4 Å². The van der Waals surface area contributed by atoms with Gasteiger partial charge >= 0.3 is 12.1 Å². The molecule has 1 aromatic rings. The van der Waals surface area contributed by atoms with E-state index in [1.807, 2.05) is 0 Å². The lowest BCUT2D eigenvalue weighted by molar-refractivity contribution is -0.140. The molecule has 1 N–H and O–H groups in total. The molecule has 0 spiro atoms. The topological polar surface area (TPSA) is 37.3 Å². The van der Waals surface area contributed by atoms with Gasteiger partial charge in [0.15, 0.2) is 0 Å². The highest BCUT2D eigenvalue weighted by atomic mass is 19.4. The average Bonchev–Trinajstić information content (AvgIpc) is 2.24. The van der Waals surface area contributed by atoms with Crippen LogP contribution in [-0.4, -0.2) is 11.1 Å². The summed E-state index contributed by atoms with van der Waals surface area (Å²) in [7, 11) is 0. The first-order valence-electron chi connectivity index (χ1n) is 5.38. The molecule has 0 atom stereocenters. The van der Waals surface area contributed by atoms with Crippen LogP contribution in [0.2, 0.25) is 0 Å². The minimum atomic E-state index is -4.71. The van der Waals surface area contributed by atoms with E-state index in [1.54, 1.807) is 0 Å². The van der Waals surface area contributed by atoms with Gasteiger partial charge in [-0.3, -0.25) is 4.79 Å². The van der Waals surface area contributed by atoms with Crippen molar-refractivity contribution in [3.05, 3.63) is 35.1 Å². The standard InChI is InChI=1S/C12H12F4O2/c13-11-8(4-1-2-7-10(17)18)5-3-6-9(11)12(14,15)16/h3,5-6H,1-2,4,7H2,(H,17,18). The highest BCUT2D eigenvalue weighted by Gasteiger charge is 2.34. The number of rotatable bonds is 5. The van der Waals surface area contributed by atoms with Crippen LogP contribution in [0.25, 0.3) is 0 Å². The van der Waals surface area contributed by atoms with Crippen LogP contribution >= 0.6 is 0 Å². The maximum Gasteiger partial charge on any atom is 0.419 e. The Hall–Kier alpha value is -1.59. The summed E-state index contributed by atoms with van der Waals surface area (Å²) in [6.07, 6.45) is -4.03. The van der Waals surface area contributed by atoms with Gasteiger partial charge in [-0.05, 0) is 30.9 Å². The zero-order chi connectivity index (χ0) is 13.8. The predicted molar refractivity (Wildman–Crippen MR) is 56.6 cm³/mol. The number of hydrogen-bond donors (Lipinski definition) is 1. The normalized spacial score (nSPS) is 11.6. The van der Waals surface area contributed by atoms with Crippen LogP contribution < -0.4 is 0 Å². The third kappa shape index (κ3) is 4.01. The molecule has 6 heteroatoms. The molecule has 0 radical (unpaired) electrons. The number of carbonyl (C=O) groups is 1. The molecule has 0 aromatic heterocycles. The van der Waals surface area contributed by atoms with E-state index in [4.69, 9.17) is 5.11 Å². The number of aliphatic carboxylic acids is 1. The van der Waals surface area contributed by atoms with Gasteiger partial charge in [0.05, 0.1) is 5.56 Å². The lowest BCUT2D eigenvalue weighted by Gasteiger charge is -2.10. The summed E-state index contributed by atoms with van der Waals surface area (Å²) < 4.78 is 50.7. The van der Waals surface area contributed by atoms with Gasteiger partial charge in [-0.2, -0.15) is 13.2 Å². The van der Waals surface area contributed by atoms with Crippen molar-refractivity contribution >= 4 is 5.97 Å². The van der Waals surface area contributed by atoms with E-state index < -0.39 is 23.5 Å². The Balaban J connectivity index is 2.70. The van der Waals surface area contributed by atoms with Crippen molar-refractivity contribution in [1.82, 2.24) is 0 Å². The van der Waals surface area contributed by atoms with Crippen molar-refractivity contribution < 1.29 is 27.5 Å². The molecule has 0 unspecified atom stereocenters. The zero-order valence-corrected chi connectivity index (χ0v) is 9.43. The third-order valence-electron chi connectivity index (χ3n) is 2.47. The van der Waals surface area contributed by atoms with Crippen molar-refractivity contribution in [2.45, 2.75) is 31.9 Å². The molecule has 1 rings (SSSR count). The summed E-state index contributed by atoms with van der Waals surface area (Å²) in [5.74, 6) is -2.24. The Kier molecular flexibility index (Phi) is 4.69. The van der Waals surface area contributed by atoms with E-state index in [2.05, 4.69) is 0 Å². The van der Waals surface area contributed by atoms with Crippen molar-refractivity contribution in [3.8, 4) is 0 Å². The highest BCUT2D eigenvalue weighted by Crippen LogP contribution is 2.32. The molecule has 0 saturated heterocycles. The molecule has 2 nitrogen and oxygen atoms in total. The Labute approximate surface area is 101 Å². The maximum atomic E-state index is 13.5. The quantitative estimate of drug-likeness (QED) is 0.651. The fraction of sp³-hybridized carbons (Fsp3) is 0.417. The van der Waals surface area contributed by atoms with Gasteiger partial charge < -0.3 is 5.11 Å². The Morgan fingerprint density at radius 2 is 1.89 bits per heavy atom. The van der Waals surface area contributed by atoms with E-state index in [9.17, 15) is 22.4 Å². The number of benzene rings is 1. The van der Waals surface area contributed by atoms with Gasteiger partial charge in [-0.15, -0.1) is 0 Å². The predicted octanol–water partition coefficient (Wildman–Crippen LogP) is 3.64. The van der Waals surface area contributed by atoms with Crippen molar-refractivity contribution in [2.75, 3.05) is 0 Å². The van der Waals surface area contributed by atoms with Gasteiger partial charge in [0, 0.05) is 6.42 Å². The molecule has 0 aliphatic carbocycles. The molecule has 0 fully saturated rings. The molecular formula is C12H12F4O2. The van der Waals surface area contributed by atoms with Crippen molar-refractivity contribution in [2.24, 2.45) is 0 Å². The van der Waals surface area contributed by atoms with E-state index >= 15 is 0 Å². The van der Waals surface area contributed by atoms with Gasteiger partial charge in [-0.25, -0.2) is 4.39 Å². The fourth-order valence-corrected chi connectivity index (χ4v) is 1.58. The molecule has 0 aliphatic rings. The number of aryl methyl sites for hydroxylation is 1. The zero-order valence-electron chi connectivity index (χ0n) is 9.43. The number of hydrogen-bond acceptors (Lipinski definition) is 1. The van der Waals surface area contributed by atoms with E-state index in [0.717, 1.165) is 6.07 Å². The van der Waals surface area contributed by atoms with E-state index in [-0.39, 0.29) is 18.4 Å². The van der Waals surface area contributed by atoms with Gasteiger partial charge in [0.2, 0.25) is 0 Å². The Bertz CT molecular complexity index is 427. The second-order valence-electron chi connectivity index (χ2n) is 3.88. The highest BCUT2D eigenvalue weighted by molar-refractivity contribution is 5.66. The second kappa shape index (κ2) is 5.84. The van der Waals surface area contributed by atoms with Gasteiger partial charge in [0.25, 0.3) is 0 Å². The molecular weight excluding hydrogens is 252 g/mol. The SMILES string of the molecule is O=C(O)CCCCc1cccc(C(F)(F)F)c1F. The Morgan fingerprint density at radius 3 is 2.44 bits per heavy atom. The smallest absolute Gasteiger partial charge is 0.419 e. The summed E-state index contributed by atoms with van der Waals surface area (Å²) in [5, 5.41) is 8.39. The van der Waals surface area contributed by atoms with E-state index in [1.165, 1.54) is 6.07 Å². The number of alkyl halides is 3. The molecule has 0 amide bonds. The van der Waals surface area contributed by atoms with Crippen LogP contribution in [-0.2, 0) is 17.4 Å². The molecule has 0 saturated carbocycles. The maximum absolute atomic E-state index is 13.5. The van der Waals surface area contributed by atoms with Crippen LogP contribution in [0.5, 0.6) is 0 Å². The lowest BCUT2D eigenvalue weighted by Crippen LogP contribution is -2.10. The first-order chi connectivity index (χ1) is 8.32. The largest absolute Gasteiger partial charge is 0.481 e. The van der Waals surface area contributed by atoms with Crippen LogP contribution in [0, 0.1) is 5.82 Å². The van der Waals surface area contributed by atoms with Crippen LogP contribution in [0.15, 0.2) is 18.2 Å². The molecule has 0 bridgehead atoms. The summed E-state index contributed by atoms with van der Waals surface area (Å²) >= 11 is 0. The number of unbranched alkanes of at least 4 members (excludes halogenated alkanes) is 1. The number of carboxylic acids is 1. The van der Waals surface area contributed by atoms with E-state index in [0.29, 0.717) is 18.9 Å². The van der Waals surface area contributed by atoms with Crippen molar-refractivity contribution in [3.63, 3.8) is 0 Å². The third-order valence-corrected chi connectivity index (χ3v) is 2.47. The van der Waals surface area contributed by atoms with Gasteiger partial charge in [0.1, 0.15) is 5.82 Å². The minimum Gasteiger partial charge on any atom is -0.481 e. The lowest BCUT2D eigenvalue weighted by atomic mass is 10.0. The minimum absolute atomic E-state index is 0.0322. The monoisotopic (exact) mass is 264 g/mol. The van der Waals surface area contributed by atoms with Gasteiger partial charge in [-0.1, -0.05) is 12.1 Å². The molecule has 18 heavy (non-hydrogen) atoms. The average molecular weight is 264 g/mol. The second-order valence-corrected chi connectivity index (χ2v) is 3.88. The Morgan fingerprint density at radius 1 is 1.22 bits per heavy atom. The van der Waals surface area contributed by atoms with Crippen molar-refractivity contribution in [1.29, 1.82) is 0 Å². The fourth-order valence-electron chi connectivity index (χ4n) is 1.58. The molecule has 1 aromatic carbocycles. The molecule has 100 valence electrons. The molecule has 0 heterocycles. The summed E-state index contributed by atoms with van der Waals surface area (Å²) in [6.45, 7) is 0. The summed E-state index contributed by atoms with van der Waals surface area (Å²) in [4.78, 5) is 10.2. The molecule has 0 aliphatic heterocycles. The summed E-state index contributed by atoms with van der Waals surface area (Å²) in [6, 6.07) is 3.12. The number of carboxylic acid groups (broad SMARTS) is 1. The first kappa shape index (κ1) is 14.5. The van der Waals surface area contributed by atoms with Crippen LogP contribution in [0.4, 0.5) is 17.6 Å². The van der Waals surface area contributed by atoms with Crippen LogP contribution in [0.3, 0.4) is 0 Å². The first-order valence-corrected chi connectivity index (χ1v) is 5.38. The summed E-state index contributed by atoms with van der Waals surface area (Å²) in [5.41, 5.74) is -1.31.